The molecule has 4 atom stereocenters. The van der Waals surface area contributed by atoms with Crippen molar-refractivity contribution in [1.29, 1.82) is 0 Å². The molecule has 0 radical (unpaired) electrons. The molecule has 62 valence electrons. The van der Waals surface area contributed by atoms with Gasteiger partial charge in [0, 0.05) is 0 Å². The molecular weight excluding hydrogens is 147 g/mol. The number of rotatable bonds is 1. The minimum atomic E-state index is -0.829. The summed E-state index contributed by atoms with van der Waals surface area (Å²) in [4.78, 5) is 0. The van der Waals surface area contributed by atoms with Crippen LogP contribution in [0.15, 0.2) is 0 Å². The summed E-state index contributed by atoms with van der Waals surface area (Å²) in [6.45, 7) is 0.134. The maximum Gasteiger partial charge on any atom is 0.142 e. The van der Waals surface area contributed by atoms with Gasteiger partial charge in [-0.25, -0.2) is 0 Å². The standard InChI is InChI=1S/C6H11BO4/c7-5-3-4(9)6(1-8,11-5)2-10-3/h3-5,8-9H,1-2,7H2/t3-,4?,5+,6-/m0/s1. The molecule has 0 aromatic heterocycles. The number of fused-ring (bicyclic) bond motifs is 2. The van der Waals surface area contributed by atoms with E-state index in [1.54, 1.807) is 0 Å². The van der Waals surface area contributed by atoms with Gasteiger partial charge in [0.15, 0.2) is 0 Å². The van der Waals surface area contributed by atoms with Gasteiger partial charge in [0.2, 0.25) is 0 Å². The highest BCUT2D eigenvalue weighted by Crippen LogP contribution is 2.38. The summed E-state index contributed by atoms with van der Waals surface area (Å²) in [5.74, 6) is 0. The molecule has 2 rings (SSSR count). The number of hydrogen-bond acceptors (Lipinski definition) is 4. The molecule has 0 aromatic rings. The summed E-state index contributed by atoms with van der Waals surface area (Å²) < 4.78 is 10.6. The van der Waals surface area contributed by atoms with Gasteiger partial charge in [0.1, 0.15) is 25.7 Å². The summed E-state index contributed by atoms with van der Waals surface area (Å²) in [6.07, 6.45) is -0.912. The third-order valence-electron chi connectivity index (χ3n) is 2.52. The largest absolute Gasteiger partial charge is 0.393 e. The van der Waals surface area contributed by atoms with Crippen LogP contribution in [0.1, 0.15) is 0 Å². The summed E-state index contributed by atoms with van der Waals surface area (Å²) in [5, 5.41) is 18.5. The third-order valence-corrected chi connectivity index (χ3v) is 2.52. The predicted molar refractivity (Wildman–Crippen MR) is 39.0 cm³/mol. The number of aliphatic hydroxyl groups excluding tert-OH is 2. The van der Waals surface area contributed by atoms with Gasteiger partial charge in [-0.15, -0.1) is 0 Å². The Morgan fingerprint density at radius 1 is 1.64 bits per heavy atom. The van der Waals surface area contributed by atoms with Crippen LogP contribution in [0.4, 0.5) is 0 Å². The van der Waals surface area contributed by atoms with Gasteiger partial charge >= 0.3 is 0 Å². The fourth-order valence-electron chi connectivity index (χ4n) is 1.82. The van der Waals surface area contributed by atoms with E-state index >= 15 is 0 Å². The Morgan fingerprint density at radius 2 is 2.36 bits per heavy atom. The van der Waals surface area contributed by atoms with E-state index in [0.29, 0.717) is 6.61 Å². The summed E-state index contributed by atoms with van der Waals surface area (Å²) in [6, 6.07) is -0.106. The number of ether oxygens (including phenoxy) is 2. The lowest BCUT2D eigenvalue weighted by atomic mass is 9.92. The maximum atomic E-state index is 9.54. The fourth-order valence-corrected chi connectivity index (χ4v) is 1.82. The average molecular weight is 158 g/mol. The van der Waals surface area contributed by atoms with E-state index in [4.69, 9.17) is 14.6 Å². The molecule has 2 saturated heterocycles. The summed E-state index contributed by atoms with van der Waals surface area (Å²) in [5.41, 5.74) is -0.829. The molecule has 11 heavy (non-hydrogen) atoms. The van der Waals surface area contributed by atoms with E-state index in [1.165, 1.54) is 0 Å². The highest BCUT2D eigenvalue weighted by atomic mass is 16.6. The molecule has 2 aliphatic rings. The molecule has 2 aliphatic heterocycles. The Hall–Kier alpha value is -0.0951. The molecule has 4 nitrogen and oxygen atoms in total. The van der Waals surface area contributed by atoms with Crippen molar-refractivity contribution in [2.75, 3.05) is 13.2 Å². The van der Waals surface area contributed by atoms with Crippen molar-refractivity contribution in [3.05, 3.63) is 0 Å². The van der Waals surface area contributed by atoms with E-state index < -0.39 is 11.7 Å². The van der Waals surface area contributed by atoms with Gasteiger partial charge in [-0.1, -0.05) is 0 Å². The predicted octanol–water partition coefficient (Wildman–Crippen LogP) is -2.53. The van der Waals surface area contributed by atoms with E-state index in [0.717, 1.165) is 0 Å². The van der Waals surface area contributed by atoms with Crippen molar-refractivity contribution in [2.24, 2.45) is 0 Å². The highest BCUT2D eigenvalue weighted by Gasteiger charge is 2.58. The van der Waals surface area contributed by atoms with Crippen LogP contribution in [0, 0.1) is 0 Å². The molecule has 1 unspecified atom stereocenters. The Balaban J connectivity index is 2.24. The lowest BCUT2D eigenvalue weighted by Crippen LogP contribution is -2.44. The van der Waals surface area contributed by atoms with Crippen molar-refractivity contribution in [3.63, 3.8) is 0 Å². The Bertz CT molecular complexity index is 176. The minimum absolute atomic E-state index is 0.106. The molecule has 2 fully saturated rings. The van der Waals surface area contributed by atoms with Crippen molar-refractivity contribution >= 4 is 7.85 Å². The van der Waals surface area contributed by atoms with Crippen molar-refractivity contribution in [3.8, 4) is 0 Å². The first-order chi connectivity index (χ1) is 5.19. The van der Waals surface area contributed by atoms with Gasteiger partial charge in [0.05, 0.1) is 19.2 Å². The van der Waals surface area contributed by atoms with Crippen LogP contribution in [-0.2, 0) is 9.47 Å². The molecule has 0 spiro atoms. The van der Waals surface area contributed by atoms with Gasteiger partial charge in [-0.05, 0) is 0 Å². The monoisotopic (exact) mass is 158 g/mol. The molecule has 2 bridgehead atoms. The van der Waals surface area contributed by atoms with Crippen LogP contribution in [0.25, 0.3) is 0 Å². The zero-order valence-electron chi connectivity index (χ0n) is 6.36. The topological polar surface area (TPSA) is 58.9 Å². The zero-order chi connectivity index (χ0) is 8.06. The van der Waals surface area contributed by atoms with Crippen LogP contribution in [0.3, 0.4) is 0 Å². The molecule has 5 heteroatoms. The first kappa shape index (κ1) is 7.55. The first-order valence-corrected chi connectivity index (χ1v) is 3.78. The van der Waals surface area contributed by atoms with Crippen LogP contribution < -0.4 is 0 Å². The molecule has 0 aromatic carbocycles. The SMILES string of the molecule is B[C@@H]1O[C@@]2(CO)CO[C@H]1C2O. The smallest absolute Gasteiger partial charge is 0.142 e. The van der Waals surface area contributed by atoms with Gasteiger partial charge < -0.3 is 19.7 Å². The van der Waals surface area contributed by atoms with Crippen molar-refractivity contribution < 1.29 is 19.7 Å². The molecule has 0 amide bonds. The summed E-state index contributed by atoms with van der Waals surface area (Å²) >= 11 is 0. The van der Waals surface area contributed by atoms with Crippen molar-refractivity contribution in [1.82, 2.24) is 0 Å². The van der Waals surface area contributed by atoms with Crippen LogP contribution in [0.2, 0.25) is 0 Å². The van der Waals surface area contributed by atoms with E-state index in [2.05, 4.69) is 0 Å². The maximum absolute atomic E-state index is 9.54. The Labute approximate surface area is 65.5 Å². The summed E-state index contributed by atoms with van der Waals surface area (Å²) in [7, 11) is 1.84. The quantitative estimate of drug-likeness (QED) is 0.413. The molecule has 0 saturated carbocycles. The second-order valence-electron chi connectivity index (χ2n) is 3.27. The lowest BCUT2D eigenvalue weighted by molar-refractivity contribution is -0.136. The molecule has 2 N–H and O–H groups in total. The molecular formula is C6H11BO4. The van der Waals surface area contributed by atoms with Crippen LogP contribution in [0.5, 0.6) is 0 Å². The Kier molecular flexibility index (Phi) is 1.51. The fraction of sp³-hybridized carbons (Fsp3) is 1.00. The van der Waals surface area contributed by atoms with E-state index in [1.807, 2.05) is 7.85 Å². The minimum Gasteiger partial charge on any atom is -0.393 e. The lowest BCUT2D eigenvalue weighted by Gasteiger charge is -2.27. The van der Waals surface area contributed by atoms with Crippen LogP contribution in [-0.4, -0.2) is 55.1 Å². The first-order valence-electron chi connectivity index (χ1n) is 3.78. The number of aliphatic hydroxyl groups is 2. The highest BCUT2D eigenvalue weighted by molar-refractivity contribution is 6.11. The van der Waals surface area contributed by atoms with Gasteiger partial charge in [-0.3, -0.25) is 0 Å². The van der Waals surface area contributed by atoms with Crippen LogP contribution >= 0.6 is 0 Å². The third kappa shape index (κ3) is 0.795. The second-order valence-corrected chi connectivity index (χ2v) is 3.27. The van der Waals surface area contributed by atoms with Crippen molar-refractivity contribution in [2.45, 2.75) is 23.8 Å². The second kappa shape index (κ2) is 2.20. The Morgan fingerprint density at radius 3 is 2.64 bits per heavy atom. The normalized spacial score (nSPS) is 55.3. The number of hydrogen-bond donors (Lipinski definition) is 2. The van der Waals surface area contributed by atoms with Gasteiger partial charge in [-0.2, -0.15) is 0 Å². The van der Waals surface area contributed by atoms with E-state index in [-0.39, 0.29) is 18.7 Å². The average Bonchev–Trinajstić information content (AvgIpc) is 2.42. The zero-order valence-corrected chi connectivity index (χ0v) is 6.36. The molecule has 0 aliphatic carbocycles. The van der Waals surface area contributed by atoms with Gasteiger partial charge in [0.25, 0.3) is 0 Å². The van der Waals surface area contributed by atoms with E-state index in [9.17, 15) is 5.11 Å². The molecule has 2 heterocycles.